The summed E-state index contributed by atoms with van der Waals surface area (Å²) in [4.78, 5) is 10.3. The zero-order valence-corrected chi connectivity index (χ0v) is 19.1. The molecule has 170 valence electrons. The molecule has 0 aliphatic rings. The van der Waals surface area contributed by atoms with E-state index < -0.39 is 14.9 Å². The van der Waals surface area contributed by atoms with Gasteiger partial charge in [-0.2, -0.15) is 4.31 Å². The van der Waals surface area contributed by atoms with Gasteiger partial charge in [-0.15, -0.1) is 10.2 Å². The van der Waals surface area contributed by atoms with Crippen LogP contribution >= 0.6 is 0 Å². The van der Waals surface area contributed by atoms with Gasteiger partial charge in [0.2, 0.25) is 15.9 Å². The number of nitro benzene ring substituents is 1. The topological polar surface area (TPSA) is 130 Å². The van der Waals surface area contributed by atoms with Crippen LogP contribution < -0.4 is 0 Å². The molecule has 3 aromatic rings. The molecule has 0 saturated heterocycles. The summed E-state index contributed by atoms with van der Waals surface area (Å²) in [5, 5.41) is 30.9. The molecule has 1 aromatic heterocycles. The number of para-hydroxylation sites is 1. The van der Waals surface area contributed by atoms with Gasteiger partial charge in [0.25, 0.3) is 5.69 Å². The molecule has 0 saturated carbocycles. The Kier molecular flexibility index (Phi) is 6.60. The minimum Gasteiger partial charge on any atom is -0.493 e. The van der Waals surface area contributed by atoms with Crippen LogP contribution in [0.5, 0.6) is 5.88 Å². The number of aromatic nitrogens is 1. The van der Waals surface area contributed by atoms with Crippen LogP contribution in [0.4, 0.5) is 17.1 Å². The Balaban J connectivity index is 2.21. The summed E-state index contributed by atoms with van der Waals surface area (Å²) in [5.74, 6) is -0.0972. The Morgan fingerprint density at radius 3 is 2.38 bits per heavy atom. The van der Waals surface area contributed by atoms with E-state index in [0.29, 0.717) is 5.39 Å². The summed E-state index contributed by atoms with van der Waals surface area (Å²) in [6.45, 7) is 7.58. The normalized spacial score (nSPS) is 12.4. The first-order valence-electron chi connectivity index (χ1n) is 10.2. The fourth-order valence-electron chi connectivity index (χ4n) is 3.57. The average molecular weight is 460 g/mol. The first-order valence-corrected chi connectivity index (χ1v) is 11.6. The van der Waals surface area contributed by atoms with Gasteiger partial charge in [-0.3, -0.25) is 10.1 Å². The van der Waals surface area contributed by atoms with Crippen molar-refractivity contribution in [1.82, 2.24) is 8.87 Å². The van der Waals surface area contributed by atoms with Crippen molar-refractivity contribution in [3.05, 3.63) is 52.6 Å². The van der Waals surface area contributed by atoms with Gasteiger partial charge < -0.3 is 9.67 Å². The summed E-state index contributed by atoms with van der Waals surface area (Å²) in [6, 6.07) is 10.6. The van der Waals surface area contributed by atoms with E-state index >= 15 is 0 Å². The first-order chi connectivity index (χ1) is 15.1. The number of azo groups is 1. The lowest BCUT2D eigenvalue weighted by Gasteiger charge is -2.19. The van der Waals surface area contributed by atoms with Crippen molar-refractivity contribution in [2.24, 2.45) is 10.2 Å². The summed E-state index contributed by atoms with van der Waals surface area (Å²) >= 11 is 0. The summed E-state index contributed by atoms with van der Waals surface area (Å²) in [6.07, 6.45) is 0. The second-order valence-electron chi connectivity index (χ2n) is 7.35. The first kappa shape index (κ1) is 23.4. The molecular formula is C21H25N5O5S. The molecule has 32 heavy (non-hydrogen) atoms. The van der Waals surface area contributed by atoms with Gasteiger partial charge >= 0.3 is 0 Å². The molecule has 3 rings (SSSR count). The fraction of sp³-hybridized carbons (Fsp3) is 0.333. The van der Waals surface area contributed by atoms with Crippen LogP contribution in [0.15, 0.2) is 57.6 Å². The standard InChI is InChI=1S/C21H25N5O5S/c1-5-24(6-2)32(30,31)19-13-15(26(28)29)11-12-17(19)22-23-20-16-9-7-8-10-18(16)25(14(3)4)21(20)27/h7-14,27H,5-6H2,1-4H3. The molecule has 0 fully saturated rings. The number of rotatable bonds is 8. The van der Waals surface area contributed by atoms with Gasteiger partial charge in [0.05, 0.1) is 10.4 Å². The van der Waals surface area contributed by atoms with Crippen LogP contribution in [0, 0.1) is 10.1 Å². The van der Waals surface area contributed by atoms with E-state index in [1.807, 2.05) is 26.0 Å². The minimum absolute atomic E-state index is 0.0525. The number of sulfonamides is 1. The summed E-state index contributed by atoms with van der Waals surface area (Å²) in [7, 11) is -4.05. The van der Waals surface area contributed by atoms with Crippen molar-refractivity contribution >= 4 is 38.0 Å². The minimum atomic E-state index is -4.05. The molecule has 0 unspecified atom stereocenters. The molecule has 11 heteroatoms. The number of hydrogen-bond acceptors (Lipinski definition) is 7. The van der Waals surface area contributed by atoms with E-state index in [1.165, 1.54) is 16.4 Å². The number of nitrogens with zero attached hydrogens (tertiary/aromatic N) is 5. The number of nitro groups is 1. The fourth-order valence-corrected chi connectivity index (χ4v) is 5.17. The van der Waals surface area contributed by atoms with Gasteiger partial charge in [0.15, 0.2) is 5.69 Å². The SMILES string of the molecule is CCN(CC)S(=O)(=O)c1cc([N+](=O)[O-])ccc1N=Nc1c(O)n(C(C)C)c2ccccc12. The van der Waals surface area contributed by atoms with Crippen molar-refractivity contribution < 1.29 is 18.4 Å². The van der Waals surface area contributed by atoms with Crippen LogP contribution in [0.3, 0.4) is 0 Å². The Morgan fingerprint density at radius 1 is 1.12 bits per heavy atom. The Bertz CT molecular complexity index is 1290. The van der Waals surface area contributed by atoms with Crippen molar-refractivity contribution in [3.8, 4) is 5.88 Å². The monoisotopic (exact) mass is 459 g/mol. The molecule has 1 heterocycles. The predicted octanol–water partition coefficient (Wildman–Crippen LogP) is 5.28. The number of non-ortho nitro benzene ring substituents is 1. The molecule has 10 nitrogen and oxygen atoms in total. The molecule has 0 spiro atoms. The molecule has 2 aromatic carbocycles. The van der Waals surface area contributed by atoms with E-state index in [4.69, 9.17) is 0 Å². The smallest absolute Gasteiger partial charge is 0.270 e. The number of aromatic hydroxyl groups is 1. The van der Waals surface area contributed by atoms with Crippen LogP contribution in [-0.2, 0) is 10.0 Å². The van der Waals surface area contributed by atoms with Crippen molar-refractivity contribution in [2.75, 3.05) is 13.1 Å². The molecule has 0 amide bonds. The highest BCUT2D eigenvalue weighted by atomic mass is 32.2. The average Bonchev–Trinajstić information content (AvgIpc) is 3.04. The highest BCUT2D eigenvalue weighted by Gasteiger charge is 2.28. The molecule has 0 bridgehead atoms. The highest BCUT2D eigenvalue weighted by Crippen LogP contribution is 2.42. The van der Waals surface area contributed by atoms with Crippen LogP contribution in [-0.4, -0.2) is 40.4 Å². The van der Waals surface area contributed by atoms with Crippen LogP contribution in [0.25, 0.3) is 10.9 Å². The zero-order chi connectivity index (χ0) is 23.6. The third-order valence-electron chi connectivity index (χ3n) is 5.11. The zero-order valence-electron chi connectivity index (χ0n) is 18.3. The van der Waals surface area contributed by atoms with Crippen molar-refractivity contribution in [1.29, 1.82) is 0 Å². The Morgan fingerprint density at radius 2 is 1.78 bits per heavy atom. The van der Waals surface area contributed by atoms with Crippen molar-refractivity contribution in [2.45, 2.75) is 38.6 Å². The molecule has 0 radical (unpaired) electrons. The second kappa shape index (κ2) is 9.05. The van der Waals surface area contributed by atoms with Gasteiger partial charge in [-0.25, -0.2) is 8.42 Å². The van der Waals surface area contributed by atoms with E-state index in [-0.39, 0.29) is 47.0 Å². The summed E-state index contributed by atoms with van der Waals surface area (Å²) < 4.78 is 29.1. The largest absolute Gasteiger partial charge is 0.493 e. The van der Waals surface area contributed by atoms with E-state index in [0.717, 1.165) is 11.6 Å². The number of benzene rings is 2. The van der Waals surface area contributed by atoms with Gasteiger partial charge in [0.1, 0.15) is 10.6 Å². The quantitative estimate of drug-likeness (QED) is 0.278. The molecule has 1 N–H and O–H groups in total. The Hall–Kier alpha value is -3.31. The third-order valence-corrected chi connectivity index (χ3v) is 7.19. The van der Waals surface area contributed by atoms with E-state index in [2.05, 4.69) is 10.2 Å². The molecule has 0 aliphatic heterocycles. The summed E-state index contributed by atoms with van der Waals surface area (Å²) in [5.41, 5.74) is 0.532. The number of hydrogen-bond donors (Lipinski definition) is 1. The maximum absolute atomic E-state index is 13.1. The third kappa shape index (κ3) is 4.08. The maximum atomic E-state index is 13.1. The van der Waals surface area contributed by atoms with Crippen LogP contribution in [0.2, 0.25) is 0 Å². The molecule has 0 atom stereocenters. The number of fused-ring (bicyclic) bond motifs is 1. The van der Waals surface area contributed by atoms with E-state index in [1.54, 1.807) is 30.5 Å². The van der Waals surface area contributed by atoms with Gasteiger partial charge in [-0.1, -0.05) is 32.0 Å². The Labute approximate surface area is 186 Å². The van der Waals surface area contributed by atoms with Gasteiger partial charge in [0, 0.05) is 36.7 Å². The molecule has 0 aliphatic carbocycles. The lowest BCUT2D eigenvalue weighted by Crippen LogP contribution is -2.30. The maximum Gasteiger partial charge on any atom is 0.270 e. The second-order valence-corrected chi connectivity index (χ2v) is 9.26. The molecular weight excluding hydrogens is 434 g/mol. The predicted molar refractivity (Wildman–Crippen MR) is 121 cm³/mol. The van der Waals surface area contributed by atoms with Crippen molar-refractivity contribution in [3.63, 3.8) is 0 Å². The highest BCUT2D eigenvalue weighted by molar-refractivity contribution is 7.89. The lowest BCUT2D eigenvalue weighted by atomic mass is 10.2. The van der Waals surface area contributed by atoms with Crippen LogP contribution in [0.1, 0.15) is 33.7 Å². The lowest BCUT2D eigenvalue weighted by molar-refractivity contribution is -0.385. The van der Waals surface area contributed by atoms with E-state index in [9.17, 15) is 23.6 Å². The van der Waals surface area contributed by atoms with Gasteiger partial charge in [-0.05, 0) is 26.0 Å².